The molecule has 3 aromatic rings. The molecule has 0 saturated carbocycles. The smallest absolute Gasteiger partial charge is 0.348 e. The fourth-order valence-corrected chi connectivity index (χ4v) is 2.70. The summed E-state index contributed by atoms with van der Waals surface area (Å²) in [5.41, 5.74) is -0.398. The molecule has 6 nitrogen and oxygen atoms in total. The number of hydrogen-bond acceptors (Lipinski definition) is 4. The van der Waals surface area contributed by atoms with Crippen LogP contribution in [0.3, 0.4) is 0 Å². The molecular weight excluding hydrogens is 347 g/mol. The number of anilines is 1. The quantitative estimate of drug-likeness (QED) is 0.774. The number of alkyl halides is 3. The molecule has 3 rings (SSSR count). The van der Waals surface area contributed by atoms with E-state index in [1.165, 1.54) is 4.90 Å². The van der Waals surface area contributed by atoms with Gasteiger partial charge in [-0.3, -0.25) is 9.78 Å². The second kappa shape index (κ2) is 6.15. The average Bonchev–Trinajstić information content (AvgIpc) is 2.95. The van der Waals surface area contributed by atoms with Crippen molar-refractivity contribution in [1.29, 1.82) is 0 Å². The van der Waals surface area contributed by atoms with E-state index < -0.39 is 28.9 Å². The Morgan fingerprint density at radius 3 is 2.35 bits per heavy atom. The molecule has 0 aliphatic rings. The van der Waals surface area contributed by atoms with Gasteiger partial charge in [-0.2, -0.15) is 23.3 Å². The van der Waals surface area contributed by atoms with Gasteiger partial charge in [-0.1, -0.05) is 29.8 Å². The summed E-state index contributed by atoms with van der Waals surface area (Å²) >= 11 is 0. The molecule has 0 amide bonds. The van der Waals surface area contributed by atoms with Gasteiger partial charge >= 0.3 is 6.18 Å². The molecule has 0 radical (unpaired) electrons. The summed E-state index contributed by atoms with van der Waals surface area (Å²) in [5.74, 6) is 0.161. The zero-order chi connectivity index (χ0) is 19.2. The van der Waals surface area contributed by atoms with Gasteiger partial charge in [0.2, 0.25) is 5.95 Å². The molecule has 9 heteroatoms. The van der Waals surface area contributed by atoms with Gasteiger partial charge in [0.1, 0.15) is 5.39 Å². The van der Waals surface area contributed by atoms with E-state index in [2.05, 4.69) is 15.1 Å². The molecule has 0 aliphatic heterocycles. The first-order valence-electron chi connectivity index (χ1n) is 7.93. The van der Waals surface area contributed by atoms with Crippen LogP contribution in [-0.2, 0) is 6.18 Å². The molecule has 2 aromatic heterocycles. The predicted molar refractivity (Wildman–Crippen MR) is 92.5 cm³/mol. The van der Waals surface area contributed by atoms with Gasteiger partial charge in [-0.15, -0.1) is 0 Å². The van der Waals surface area contributed by atoms with Gasteiger partial charge in [-0.25, -0.2) is 4.68 Å². The molecule has 1 aromatic carbocycles. The van der Waals surface area contributed by atoms with Crippen molar-refractivity contribution < 1.29 is 13.2 Å². The van der Waals surface area contributed by atoms with Crippen molar-refractivity contribution in [2.24, 2.45) is 0 Å². The van der Waals surface area contributed by atoms with E-state index in [0.29, 0.717) is 0 Å². The Kier molecular flexibility index (Phi) is 4.25. The van der Waals surface area contributed by atoms with Crippen molar-refractivity contribution in [3.63, 3.8) is 0 Å². The van der Waals surface area contributed by atoms with Crippen molar-refractivity contribution >= 4 is 17.0 Å². The third kappa shape index (κ3) is 3.04. The lowest BCUT2D eigenvalue weighted by Crippen LogP contribution is -2.20. The Balaban J connectivity index is 2.30. The van der Waals surface area contributed by atoms with Crippen molar-refractivity contribution in [3.8, 4) is 0 Å². The standard InChI is InChI=1S/C17H18F3N5O/c1-9-5-7-11(8-6-9)10(2)25-14-12(13(23-25)17(18,19)20)15(26)22-16(21-14)24(3)4/h5-8,10H,1-4H3,(H,21,22,26)/t10-/m0/s1. The van der Waals surface area contributed by atoms with Crippen LogP contribution in [-0.4, -0.2) is 33.8 Å². The van der Waals surface area contributed by atoms with Crippen LogP contribution in [0.4, 0.5) is 19.1 Å². The summed E-state index contributed by atoms with van der Waals surface area (Å²) < 4.78 is 41.4. The predicted octanol–water partition coefficient (Wildman–Crippen LogP) is 3.12. The number of nitrogens with zero attached hydrogens (tertiary/aromatic N) is 4. The van der Waals surface area contributed by atoms with Gasteiger partial charge in [0.25, 0.3) is 5.56 Å². The summed E-state index contributed by atoms with van der Waals surface area (Å²) in [6, 6.07) is 6.85. The van der Waals surface area contributed by atoms with Crippen LogP contribution in [0, 0.1) is 6.92 Å². The molecule has 0 spiro atoms. The van der Waals surface area contributed by atoms with Gasteiger partial charge in [-0.05, 0) is 19.4 Å². The number of aromatic nitrogens is 4. The van der Waals surface area contributed by atoms with Crippen LogP contribution >= 0.6 is 0 Å². The van der Waals surface area contributed by atoms with Gasteiger partial charge in [0.05, 0.1) is 6.04 Å². The zero-order valence-corrected chi connectivity index (χ0v) is 14.7. The molecule has 26 heavy (non-hydrogen) atoms. The zero-order valence-electron chi connectivity index (χ0n) is 14.7. The highest BCUT2D eigenvalue weighted by molar-refractivity contribution is 5.79. The highest BCUT2D eigenvalue weighted by Crippen LogP contribution is 2.34. The van der Waals surface area contributed by atoms with Crippen molar-refractivity contribution in [2.45, 2.75) is 26.1 Å². The molecule has 2 heterocycles. The van der Waals surface area contributed by atoms with E-state index >= 15 is 0 Å². The second-order valence-electron chi connectivity index (χ2n) is 6.36. The summed E-state index contributed by atoms with van der Waals surface area (Å²) in [5, 5.41) is 3.16. The number of aryl methyl sites for hydroxylation is 1. The van der Waals surface area contributed by atoms with E-state index in [9.17, 15) is 18.0 Å². The minimum absolute atomic E-state index is 0.0992. The Morgan fingerprint density at radius 1 is 1.19 bits per heavy atom. The van der Waals surface area contributed by atoms with Crippen molar-refractivity contribution in [2.75, 3.05) is 19.0 Å². The number of rotatable bonds is 3. The molecule has 0 fully saturated rings. The fraction of sp³-hybridized carbons (Fsp3) is 0.353. The van der Waals surface area contributed by atoms with Gasteiger partial charge in [0.15, 0.2) is 11.3 Å². The minimum Gasteiger partial charge on any atom is -0.348 e. The maximum absolute atomic E-state index is 13.4. The Bertz CT molecular complexity index is 1000. The number of H-pyrrole nitrogens is 1. The molecular formula is C17H18F3N5O. The lowest BCUT2D eigenvalue weighted by molar-refractivity contribution is -0.140. The number of hydrogen-bond donors (Lipinski definition) is 1. The lowest BCUT2D eigenvalue weighted by atomic mass is 10.1. The van der Waals surface area contributed by atoms with Crippen LogP contribution < -0.4 is 10.5 Å². The van der Waals surface area contributed by atoms with E-state index in [1.807, 2.05) is 31.2 Å². The third-order valence-electron chi connectivity index (χ3n) is 4.17. The summed E-state index contributed by atoms with van der Waals surface area (Å²) in [6.45, 7) is 3.64. The molecule has 0 saturated heterocycles. The Hall–Kier alpha value is -2.84. The molecule has 0 bridgehead atoms. The first kappa shape index (κ1) is 18.0. The monoisotopic (exact) mass is 365 g/mol. The summed E-state index contributed by atoms with van der Waals surface area (Å²) in [4.78, 5) is 20.4. The summed E-state index contributed by atoms with van der Waals surface area (Å²) in [7, 11) is 3.28. The maximum atomic E-state index is 13.4. The van der Waals surface area contributed by atoms with E-state index in [1.54, 1.807) is 21.0 Å². The maximum Gasteiger partial charge on any atom is 0.436 e. The van der Waals surface area contributed by atoms with Crippen LogP contribution in [0.5, 0.6) is 0 Å². The first-order valence-corrected chi connectivity index (χ1v) is 7.93. The van der Waals surface area contributed by atoms with Crippen LogP contribution in [0.15, 0.2) is 29.1 Å². The average molecular weight is 365 g/mol. The van der Waals surface area contributed by atoms with E-state index in [4.69, 9.17) is 0 Å². The van der Waals surface area contributed by atoms with Crippen molar-refractivity contribution in [1.82, 2.24) is 19.7 Å². The number of benzene rings is 1. The molecule has 138 valence electrons. The fourth-order valence-electron chi connectivity index (χ4n) is 2.70. The molecule has 0 unspecified atom stereocenters. The molecule has 1 N–H and O–H groups in total. The second-order valence-corrected chi connectivity index (χ2v) is 6.36. The van der Waals surface area contributed by atoms with Crippen LogP contribution in [0.1, 0.15) is 29.8 Å². The van der Waals surface area contributed by atoms with Gasteiger partial charge < -0.3 is 4.90 Å². The van der Waals surface area contributed by atoms with Crippen LogP contribution in [0.2, 0.25) is 0 Å². The van der Waals surface area contributed by atoms with Crippen LogP contribution in [0.25, 0.3) is 11.0 Å². The molecule has 1 atom stereocenters. The highest BCUT2D eigenvalue weighted by atomic mass is 19.4. The SMILES string of the molecule is Cc1ccc([C@H](C)n2nc(C(F)(F)F)c3c(=O)[nH]c(N(C)C)nc32)cc1. The Labute approximate surface area is 147 Å². The number of fused-ring (bicyclic) bond motifs is 1. The van der Waals surface area contributed by atoms with E-state index in [0.717, 1.165) is 15.8 Å². The number of nitrogens with one attached hydrogen (secondary N) is 1. The largest absolute Gasteiger partial charge is 0.436 e. The van der Waals surface area contributed by atoms with Gasteiger partial charge in [0, 0.05) is 14.1 Å². The number of aromatic amines is 1. The van der Waals surface area contributed by atoms with Crippen molar-refractivity contribution in [3.05, 3.63) is 51.4 Å². The molecule has 0 aliphatic carbocycles. The highest BCUT2D eigenvalue weighted by Gasteiger charge is 2.39. The third-order valence-corrected chi connectivity index (χ3v) is 4.17. The topological polar surface area (TPSA) is 66.8 Å². The first-order chi connectivity index (χ1) is 12.1. The lowest BCUT2D eigenvalue weighted by Gasteiger charge is -2.15. The Morgan fingerprint density at radius 2 is 1.81 bits per heavy atom. The number of halogens is 3. The normalized spacial score (nSPS) is 13.2. The minimum atomic E-state index is -4.76. The summed E-state index contributed by atoms with van der Waals surface area (Å²) in [6.07, 6.45) is -4.76. The van der Waals surface area contributed by atoms with E-state index in [-0.39, 0.29) is 11.6 Å².